The molecule has 1 aliphatic rings. The fraction of sp³-hybridized carbons (Fsp3) is 0.632. The molecule has 34 heavy (non-hydrogen) atoms. The van der Waals surface area contributed by atoms with Crippen molar-refractivity contribution in [3.8, 4) is 0 Å². The molecule has 0 aromatic carbocycles. The Kier molecular flexibility index (Phi) is 8.51. The zero-order valence-electron chi connectivity index (χ0n) is 19.4. The second-order valence-electron chi connectivity index (χ2n) is 7.51. The highest BCUT2D eigenvalue weighted by Crippen LogP contribution is 2.33. The van der Waals surface area contributed by atoms with E-state index in [4.69, 9.17) is 23.7 Å². The van der Waals surface area contributed by atoms with Crippen LogP contribution < -0.4 is 16.1 Å². The zero-order chi connectivity index (χ0) is 25.7. The minimum Gasteiger partial charge on any atom is -0.463 e. The Bertz CT molecular complexity index is 1060. The number of esters is 4. The predicted molar refractivity (Wildman–Crippen MR) is 111 cm³/mol. The Labute approximate surface area is 192 Å². The molecule has 1 aromatic rings. The highest BCUT2D eigenvalue weighted by atomic mass is 16.7. The van der Waals surface area contributed by atoms with Gasteiger partial charge in [-0.1, -0.05) is 0 Å². The maximum Gasteiger partial charge on any atom is 0.347 e. The molecule has 0 saturated carbocycles. The van der Waals surface area contributed by atoms with E-state index >= 15 is 0 Å². The van der Waals surface area contributed by atoms with Crippen LogP contribution in [0.2, 0.25) is 0 Å². The molecule has 15 nitrogen and oxygen atoms in total. The lowest BCUT2D eigenvalue weighted by Gasteiger charge is -2.44. The van der Waals surface area contributed by atoms with Crippen LogP contribution in [0, 0.1) is 0 Å². The number of hydrogen-bond donors (Lipinski definition) is 1. The first kappa shape index (κ1) is 26.5. The predicted octanol–water partition coefficient (Wildman–Crippen LogP) is -1.75. The Hall–Kier alpha value is -3.75. The molecule has 0 bridgehead atoms. The van der Waals surface area contributed by atoms with E-state index in [-0.39, 0.29) is 5.82 Å². The third-order valence-electron chi connectivity index (χ3n) is 4.47. The van der Waals surface area contributed by atoms with Crippen molar-refractivity contribution in [2.75, 3.05) is 25.6 Å². The molecule has 1 fully saturated rings. The lowest BCUT2D eigenvalue weighted by Crippen LogP contribution is -2.62. The highest BCUT2D eigenvalue weighted by Gasteiger charge is 2.53. The van der Waals surface area contributed by atoms with Gasteiger partial charge >= 0.3 is 29.6 Å². The van der Waals surface area contributed by atoms with Gasteiger partial charge in [0.05, 0.1) is 0 Å². The Morgan fingerprint density at radius 3 is 1.94 bits per heavy atom. The van der Waals surface area contributed by atoms with Gasteiger partial charge in [-0.05, 0) is 0 Å². The van der Waals surface area contributed by atoms with Gasteiger partial charge in [-0.3, -0.25) is 29.0 Å². The molecule has 1 saturated heterocycles. The van der Waals surface area contributed by atoms with E-state index in [0.29, 0.717) is 4.68 Å². The molecular formula is C19H26N4O11. The van der Waals surface area contributed by atoms with Gasteiger partial charge in [0.15, 0.2) is 24.5 Å². The monoisotopic (exact) mass is 486 g/mol. The fourth-order valence-electron chi connectivity index (χ4n) is 3.27. The van der Waals surface area contributed by atoms with E-state index in [1.54, 1.807) is 0 Å². The van der Waals surface area contributed by atoms with Crippen LogP contribution >= 0.6 is 0 Å². The van der Waals surface area contributed by atoms with E-state index < -0.39 is 72.4 Å². The number of anilines is 1. The SMILES string of the molecule is CC(=O)OC[C@@H]1O[C@H](n2nc(N(C)C)c(=O)[nH]c2=O)[C@H](OC(C)=O)[C@@H](OC(C)=O)[C@H]1OC(C)=O. The molecule has 15 heteroatoms. The number of nitrogens with one attached hydrogen (secondary N) is 1. The number of carbonyl (C=O) groups excluding carboxylic acids is 4. The number of aromatic amines is 1. The molecular weight excluding hydrogens is 460 g/mol. The molecule has 1 aliphatic heterocycles. The minimum absolute atomic E-state index is 0.188. The Morgan fingerprint density at radius 1 is 0.912 bits per heavy atom. The lowest BCUT2D eigenvalue weighted by molar-refractivity contribution is -0.271. The number of carbonyl (C=O) groups is 4. The maximum atomic E-state index is 12.6. The molecule has 1 aromatic heterocycles. The molecule has 2 heterocycles. The molecule has 5 atom stereocenters. The van der Waals surface area contributed by atoms with Crippen molar-refractivity contribution in [2.45, 2.75) is 58.3 Å². The summed E-state index contributed by atoms with van der Waals surface area (Å²) >= 11 is 0. The first-order valence-corrected chi connectivity index (χ1v) is 10.0. The van der Waals surface area contributed by atoms with Crippen LogP contribution in [0.4, 0.5) is 5.82 Å². The fourth-order valence-corrected chi connectivity index (χ4v) is 3.27. The van der Waals surface area contributed by atoms with Gasteiger partial charge in [0.25, 0.3) is 5.56 Å². The molecule has 1 N–H and O–H groups in total. The van der Waals surface area contributed by atoms with Crippen LogP contribution in [0.1, 0.15) is 33.9 Å². The summed E-state index contributed by atoms with van der Waals surface area (Å²) in [6, 6.07) is 0. The number of aromatic nitrogens is 3. The summed E-state index contributed by atoms with van der Waals surface area (Å²) < 4.78 is 27.4. The molecule has 2 rings (SSSR count). The first-order valence-electron chi connectivity index (χ1n) is 10.0. The molecule has 0 radical (unpaired) electrons. The second-order valence-corrected chi connectivity index (χ2v) is 7.51. The third kappa shape index (κ3) is 6.40. The van der Waals surface area contributed by atoms with Crippen LogP contribution in [-0.2, 0) is 42.9 Å². The van der Waals surface area contributed by atoms with Crippen molar-refractivity contribution in [3.63, 3.8) is 0 Å². The number of rotatable bonds is 7. The maximum absolute atomic E-state index is 12.6. The number of ether oxygens (including phenoxy) is 5. The smallest absolute Gasteiger partial charge is 0.347 e. The van der Waals surface area contributed by atoms with E-state index in [0.717, 1.165) is 27.7 Å². The largest absolute Gasteiger partial charge is 0.463 e. The van der Waals surface area contributed by atoms with Crippen molar-refractivity contribution in [1.82, 2.24) is 14.8 Å². The topological polar surface area (TPSA) is 185 Å². The van der Waals surface area contributed by atoms with Gasteiger partial charge in [-0.25, -0.2) is 4.79 Å². The van der Waals surface area contributed by atoms with E-state index in [2.05, 4.69) is 10.1 Å². The minimum atomic E-state index is -1.58. The van der Waals surface area contributed by atoms with Crippen LogP contribution in [0.5, 0.6) is 0 Å². The summed E-state index contributed by atoms with van der Waals surface area (Å²) in [7, 11) is 3.00. The number of nitrogens with zero attached hydrogens (tertiary/aromatic N) is 3. The van der Waals surface area contributed by atoms with Crippen molar-refractivity contribution in [2.24, 2.45) is 0 Å². The summed E-state index contributed by atoms with van der Waals surface area (Å²) in [5.41, 5.74) is -1.83. The van der Waals surface area contributed by atoms with E-state index in [9.17, 15) is 28.8 Å². The van der Waals surface area contributed by atoms with Crippen molar-refractivity contribution >= 4 is 29.7 Å². The zero-order valence-corrected chi connectivity index (χ0v) is 19.4. The van der Waals surface area contributed by atoms with Gasteiger partial charge in [-0.2, -0.15) is 4.68 Å². The lowest BCUT2D eigenvalue weighted by atomic mass is 9.97. The third-order valence-corrected chi connectivity index (χ3v) is 4.47. The van der Waals surface area contributed by atoms with Gasteiger partial charge < -0.3 is 28.6 Å². The summed E-state index contributed by atoms with van der Waals surface area (Å²) in [4.78, 5) is 75.1. The van der Waals surface area contributed by atoms with Gasteiger partial charge in [0, 0.05) is 41.8 Å². The molecule has 0 aliphatic carbocycles. The summed E-state index contributed by atoms with van der Waals surface area (Å²) in [6.45, 7) is 3.85. The first-order chi connectivity index (χ1) is 15.8. The molecule has 0 spiro atoms. The van der Waals surface area contributed by atoms with Crippen molar-refractivity contribution in [1.29, 1.82) is 0 Å². The van der Waals surface area contributed by atoms with Crippen LogP contribution in [-0.4, -0.2) is 83.8 Å². The van der Waals surface area contributed by atoms with Gasteiger partial charge in [0.2, 0.25) is 5.82 Å². The van der Waals surface area contributed by atoms with Crippen LogP contribution in [0.25, 0.3) is 0 Å². The normalized spacial score (nSPS) is 24.0. The van der Waals surface area contributed by atoms with Crippen LogP contribution in [0.3, 0.4) is 0 Å². The summed E-state index contributed by atoms with van der Waals surface area (Å²) in [6.07, 6.45) is -7.30. The summed E-state index contributed by atoms with van der Waals surface area (Å²) in [5.74, 6) is -3.36. The summed E-state index contributed by atoms with van der Waals surface area (Å²) in [5, 5.41) is 4.00. The van der Waals surface area contributed by atoms with E-state index in [1.807, 2.05) is 0 Å². The number of hydrogen-bond acceptors (Lipinski definition) is 13. The average molecular weight is 486 g/mol. The molecule has 188 valence electrons. The quantitative estimate of drug-likeness (QED) is 0.338. The second kappa shape index (κ2) is 10.9. The Morgan fingerprint density at radius 2 is 1.44 bits per heavy atom. The molecule has 0 unspecified atom stereocenters. The van der Waals surface area contributed by atoms with Crippen molar-refractivity contribution in [3.05, 3.63) is 20.8 Å². The average Bonchev–Trinajstić information content (AvgIpc) is 2.68. The van der Waals surface area contributed by atoms with Crippen molar-refractivity contribution < 1.29 is 42.9 Å². The standard InChI is InChI=1S/C19H26N4O11/c1-8(24)30-7-12-13(31-9(2)25)14(32-10(3)26)15(33-11(4)27)18(34-12)23-19(29)20-17(28)16(21-23)22(5)6/h12-15,18H,7H2,1-6H3,(H,20,28,29)/t12-,13-,14-,15+,18-/m0/s1. The molecule has 0 amide bonds. The van der Waals surface area contributed by atoms with E-state index in [1.165, 1.54) is 19.0 Å². The van der Waals surface area contributed by atoms with Gasteiger partial charge in [0.1, 0.15) is 12.7 Å². The van der Waals surface area contributed by atoms with Gasteiger partial charge in [-0.15, -0.1) is 5.10 Å². The highest BCUT2D eigenvalue weighted by molar-refractivity contribution is 5.68. The number of H-pyrrole nitrogens is 1. The van der Waals surface area contributed by atoms with Crippen LogP contribution in [0.15, 0.2) is 9.59 Å². The Balaban J connectivity index is 2.70.